The summed E-state index contributed by atoms with van der Waals surface area (Å²) in [6.07, 6.45) is 8.69. The number of hydrogen-bond acceptors (Lipinski definition) is 3. The van der Waals surface area contributed by atoms with E-state index in [9.17, 15) is 4.79 Å². The first-order valence-electron chi connectivity index (χ1n) is 8.60. The van der Waals surface area contributed by atoms with Crippen molar-refractivity contribution < 1.29 is 9.21 Å². The highest BCUT2D eigenvalue weighted by molar-refractivity contribution is 5.91. The molecule has 1 amide bonds. The quantitative estimate of drug-likeness (QED) is 0.826. The van der Waals surface area contributed by atoms with Crippen LogP contribution in [0.3, 0.4) is 0 Å². The number of likely N-dealkylation sites (tertiary alicyclic amines) is 1. The third-order valence-corrected chi connectivity index (χ3v) is 4.36. The SMILES string of the molecule is O=C(/C=C/c1ccco1)NCc1ccccc1CN1CCCCC1. The van der Waals surface area contributed by atoms with E-state index in [4.69, 9.17) is 4.42 Å². The minimum Gasteiger partial charge on any atom is -0.465 e. The van der Waals surface area contributed by atoms with E-state index in [1.54, 1.807) is 18.4 Å². The highest BCUT2D eigenvalue weighted by Crippen LogP contribution is 2.16. The van der Waals surface area contributed by atoms with Gasteiger partial charge in [-0.05, 0) is 55.3 Å². The lowest BCUT2D eigenvalue weighted by Crippen LogP contribution is -2.30. The number of nitrogens with zero attached hydrogens (tertiary/aromatic N) is 1. The second kappa shape index (κ2) is 8.50. The molecule has 1 fully saturated rings. The minimum absolute atomic E-state index is 0.112. The molecule has 1 aromatic carbocycles. The standard InChI is InChI=1S/C20H24N2O2/c23-20(11-10-19-9-6-14-24-19)21-15-17-7-2-3-8-18(17)16-22-12-4-1-5-13-22/h2-3,6-11,14H,1,4-5,12-13,15-16H2,(H,21,23)/b11-10+. The maximum Gasteiger partial charge on any atom is 0.244 e. The largest absolute Gasteiger partial charge is 0.465 e. The van der Waals surface area contributed by atoms with Crippen LogP contribution in [0.15, 0.2) is 53.2 Å². The molecule has 1 aliphatic heterocycles. The smallest absolute Gasteiger partial charge is 0.244 e. The van der Waals surface area contributed by atoms with E-state index in [0.717, 1.165) is 6.54 Å². The first kappa shape index (κ1) is 16.5. The van der Waals surface area contributed by atoms with Gasteiger partial charge in [0.2, 0.25) is 5.91 Å². The lowest BCUT2D eigenvalue weighted by Gasteiger charge is -2.27. The van der Waals surface area contributed by atoms with Gasteiger partial charge in [-0.2, -0.15) is 0 Å². The van der Waals surface area contributed by atoms with Crippen LogP contribution in [-0.2, 0) is 17.9 Å². The van der Waals surface area contributed by atoms with E-state index in [1.165, 1.54) is 49.6 Å². The normalized spacial score (nSPS) is 15.7. The van der Waals surface area contributed by atoms with Gasteiger partial charge in [0, 0.05) is 19.2 Å². The van der Waals surface area contributed by atoms with Crippen molar-refractivity contribution in [1.29, 1.82) is 0 Å². The molecule has 0 unspecified atom stereocenters. The van der Waals surface area contributed by atoms with Gasteiger partial charge in [-0.15, -0.1) is 0 Å². The molecule has 4 heteroatoms. The van der Waals surface area contributed by atoms with Gasteiger partial charge in [0.1, 0.15) is 5.76 Å². The zero-order valence-corrected chi connectivity index (χ0v) is 13.9. The fraction of sp³-hybridized carbons (Fsp3) is 0.350. The van der Waals surface area contributed by atoms with Crippen molar-refractivity contribution in [1.82, 2.24) is 10.2 Å². The number of carbonyl (C=O) groups is 1. The summed E-state index contributed by atoms with van der Waals surface area (Å²) in [6, 6.07) is 12.0. The Bertz CT molecular complexity index is 671. The third-order valence-electron chi connectivity index (χ3n) is 4.36. The Balaban J connectivity index is 1.55. The zero-order chi connectivity index (χ0) is 16.6. The number of nitrogens with one attached hydrogen (secondary N) is 1. The Hall–Kier alpha value is -2.33. The molecule has 1 aliphatic rings. The van der Waals surface area contributed by atoms with Crippen LogP contribution in [0.4, 0.5) is 0 Å². The molecule has 1 N–H and O–H groups in total. The van der Waals surface area contributed by atoms with E-state index in [-0.39, 0.29) is 5.91 Å². The summed E-state index contributed by atoms with van der Waals surface area (Å²) in [5.41, 5.74) is 2.48. The molecular weight excluding hydrogens is 300 g/mol. The molecule has 0 aliphatic carbocycles. The molecule has 0 saturated carbocycles. The molecular formula is C20H24N2O2. The number of furan rings is 1. The average Bonchev–Trinajstić information content (AvgIpc) is 3.14. The summed E-state index contributed by atoms with van der Waals surface area (Å²) < 4.78 is 5.18. The summed E-state index contributed by atoms with van der Waals surface area (Å²) in [6.45, 7) is 3.86. The van der Waals surface area contributed by atoms with Crippen molar-refractivity contribution in [2.45, 2.75) is 32.4 Å². The third kappa shape index (κ3) is 4.83. The average molecular weight is 324 g/mol. The van der Waals surface area contributed by atoms with Gasteiger partial charge in [0.05, 0.1) is 6.26 Å². The van der Waals surface area contributed by atoms with Crippen molar-refractivity contribution >= 4 is 12.0 Å². The number of carbonyl (C=O) groups excluding carboxylic acids is 1. The Morgan fingerprint density at radius 2 is 1.88 bits per heavy atom. The molecule has 0 bridgehead atoms. The lowest BCUT2D eigenvalue weighted by molar-refractivity contribution is -0.116. The number of benzene rings is 1. The van der Waals surface area contributed by atoms with Crippen LogP contribution >= 0.6 is 0 Å². The van der Waals surface area contributed by atoms with Gasteiger partial charge in [-0.25, -0.2) is 0 Å². The van der Waals surface area contributed by atoms with E-state index in [1.807, 2.05) is 12.1 Å². The summed E-state index contributed by atoms with van der Waals surface area (Å²) >= 11 is 0. The second-order valence-corrected chi connectivity index (χ2v) is 6.17. The molecule has 0 radical (unpaired) electrons. The Morgan fingerprint density at radius 3 is 2.62 bits per heavy atom. The van der Waals surface area contributed by atoms with Gasteiger partial charge in [0.15, 0.2) is 0 Å². The van der Waals surface area contributed by atoms with Crippen LogP contribution in [-0.4, -0.2) is 23.9 Å². The molecule has 1 saturated heterocycles. The fourth-order valence-electron chi connectivity index (χ4n) is 3.03. The number of piperidine rings is 1. The maximum absolute atomic E-state index is 12.0. The van der Waals surface area contributed by atoms with Crippen LogP contribution < -0.4 is 5.32 Å². The summed E-state index contributed by atoms with van der Waals surface area (Å²) in [5, 5.41) is 2.95. The molecule has 24 heavy (non-hydrogen) atoms. The number of amides is 1. The van der Waals surface area contributed by atoms with Crippen LogP contribution in [0.25, 0.3) is 6.08 Å². The van der Waals surface area contributed by atoms with Crippen LogP contribution in [0.5, 0.6) is 0 Å². The highest BCUT2D eigenvalue weighted by Gasteiger charge is 2.12. The van der Waals surface area contributed by atoms with Gasteiger partial charge in [-0.3, -0.25) is 9.69 Å². The van der Waals surface area contributed by atoms with Crippen LogP contribution in [0.2, 0.25) is 0 Å². The predicted octanol–water partition coefficient (Wildman–Crippen LogP) is 3.60. The van der Waals surface area contributed by atoms with Gasteiger partial charge in [0.25, 0.3) is 0 Å². The molecule has 3 rings (SSSR count). The maximum atomic E-state index is 12.0. The molecule has 0 spiro atoms. The van der Waals surface area contributed by atoms with Crippen molar-refractivity contribution in [3.63, 3.8) is 0 Å². The summed E-state index contributed by atoms with van der Waals surface area (Å²) in [7, 11) is 0. The Kier molecular flexibility index (Phi) is 5.85. The molecule has 4 nitrogen and oxygen atoms in total. The zero-order valence-electron chi connectivity index (χ0n) is 13.9. The lowest BCUT2D eigenvalue weighted by atomic mass is 10.0. The van der Waals surface area contributed by atoms with E-state index in [0.29, 0.717) is 12.3 Å². The van der Waals surface area contributed by atoms with Crippen molar-refractivity contribution in [3.8, 4) is 0 Å². The highest BCUT2D eigenvalue weighted by atomic mass is 16.3. The van der Waals surface area contributed by atoms with Crippen molar-refractivity contribution in [2.24, 2.45) is 0 Å². The van der Waals surface area contributed by atoms with Crippen LogP contribution in [0.1, 0.15) is 36.1 Å². The van der Waals surface area contributed by atoms with Crippen molar-refractivity contribution in [3.05, 3.63) is 65.6 Å². The molecule has 126 valence electrons. The summed E-state index contributed by atoms with van der Waals surface area (Å²) in [4.78, 5) is 14.5. The summed E-state index contributed by atoms with van der Waals surface area (Å²) in [5.74, 6) is 0.565. The molecule has 2 aromatic rings. The minimum atomic E-state index is -0.112. The van der Waals surface area contributed by atoms with E-state index < -0.39 is 0 Å². The van der Waals surface area contributed by atoms with Crippen molar-refractivity contribution in [2.75, 3.05) is 13.1 Å². The van der Waals surface area contributed by atoms with Crippen LogP contribution in [0, 0.1) is 0 Å². The van der Waals surface area contributed by atoms with Gasteiger partial charge in [-0.1, -0.05) is 30.7 Å². The first-order chi connectivity index (χ1) is 11.8. The predicted molar refractivity (Wildman–Crippen MR) is 95.2 cm³/mol. The molecule has 1 aromatic heterocycles. The second-order valence-electron chi connectivity index (χ2n) is 6.17. The molecule has 2 heterocycles. The fourth-order valence-corrected chi connectivity index (χ4v) is 3.03. The Labute approximate surface area is 143 Å². The monoisotopic (exact) mass is 324 g/mol. The topological polar surface area (TPSA) is 45.5 Å². The van der Waals surface area contributed by atoms with Gasteiger partial charge < -0.3 is 9.73 Å². The number of rotatable bonds is 6. The number of hydrogen-bond donors (Lipinski definition) is 1. The Morgan fingerprint density at radius 1 is 1.08 bits per heavy atom. The first-order valence-corrected chi connectivity index (χ1v) is 8.60. The van der Waals surface area contributed by atoms with E-state index >= 15 is 0 Å². The van der Waals surface area contributed by atoms with Gasteiger partial charge >= 0.3 is 0 Å². The molecule has 0 atom stereocenters. The van der Waals surface area contributed by atoms with E-state index in [2.05, 4.69) is 28.4 Å².